The molecule has 1 N–H and O–H groups in total. The number of benzene rings is 1. The van der Waals surface area contributed by atoms with Crippen molar-refractivity contribution in [3.8, 4) is 0 Å². The number of hydrogen-bond acceptors (Lipinski definition) is 3. The van der Waals surface area contributed by atoms with E-state index in [9.17, 15) is 4.79 Å². The number of amides is 2. The van der Waals surface area contributed by atoms with E-state index in [1.54, 1.807) is 0 Å². The van der Waals surface area contributed by atoms with Gasteiger partial charge in [-0.1, -0.05) is 26.0 Å². The fourth-order valence-electron chi connectivity index (χ4n) is 4.26. The topological polar surface area (TPSA) is 50.8 Å². The lowest BCUT2D eigenvalue weighted by Crippen LogP contribution is -2.48. The van der Waals surface area contributed by atoms with Crippen LogP contribution in [0.4, 0.5) is 4.79 Å². The second-order valence-corrected chi connectivity index (χ2v) is 8.82. The first-order chi connectivity index (χ1) is 12.6. The van der Waals surface area contributed by atoms with Crippen molar-refractivity contribution in [2.24, 2.45) is 5.92 Å². The number of nitrogens with one attached hydrogen (secondary N) is 1. The van der Waals surface area contributed by atoms with Gasteiger partial charge in [0.25, 0.3) is 0 Å². The van der Waals surface area contributed by atoms with Gasteiger partial charge >= 0.3 is 13.1 Å². The first-order valence-corrected chi connectivity index (χ1v) is 10.1. The standard InChI is InChI=1S/C21H33BN2O3/c1-8-23-19(25)24-10-9-18-15(4)11-17(12-16(18)13-24)22-26-20(5,6)21(7,27-22)14(2)3/h11-12,14H,8-10,13H2,1-7H3,(H,23,25). The lowest BCUT2D eigenvalue weighted by molar-refractivity contribution is -0.0435. The minimum Gasteiger partial charge on any atom is -0.399 e. The second-order valence-electron chi connectivity index (χ2n) is 8.82. The number of nitrogens with zero attached hydrogens (tertiary/aromatic N) is 1. The average Bonchev–Trinajstić information content (AvgIpc) is 2.85. The highest BCUT2D eigenvalue weighted by atomic mass is 16.7. The highest BCUT2D eigenvalue weighted by molar-refractivity contribution is 6.62. The quantitative estimate of drug-likeness (QED) is 0.830. The van der Waals surface area contributed by atoms with Crippen LogP contribution in [0.5, 0.6) is 0 Å². The molecule has 2 aliphatic heterocycles. The van der Waals surface area contributed by atoms with Crippen molar-refractivity contribution >= 4 is 18.6 Å². The van der Waals surface area contributed by atoms with Crippen LogP contribution < -0.4 is 10.8 Å². The van der Waals surface area contributed by atoms with E-state index in [0.717, 1.165) is 18.4 Å². The second kappa shape index (κ2) is 7.14. The first-order valence-electron chi connectivity index (χ1n) is 10.1. The Kier molecular flexibility index (Phi) is 5.34. The zero-order valence-corrected chi connectivity index (χ0v) is 17.8. The zero-order valence-electron chi connectivity index (χ0n) is 17.8. The Morgan fingerprint density at radius 2 is 2.00 bits per heavy atom. The van der Waals surface area contributed by atoms with Crippen LogP contribution in [0.25, 0.3) is 0 Å². The molecule has 0 bridgehead atoms. The number of aryl methyl sites for hydroxylation is 1. The third-order valence-corrected chi connectivity index (χ3v) is 6.52. The lowest BCUT2D eigenvalue weighted by atomic mass is 9.75. The molecule has 1 fully saturated rings. The van der Waals surface area contributed by atoms with Gasteiger partial charge in [0, 0.05) is 19.6 Å². The molecular formula is C21H33BN2O3. The van der Waals surface area contributed by atoms with E-state index in [2.05, 4.69) is 59.0 Å². The van der Waals surface area contributed by atoms with Crippen LogP contribution in [0.3, 0.4) is 0 Å². The Balaban J connectivity index is 1.88. The van der Waals surface area contributed by atoms with Gasteiger partial charge in [-0.15, -0.1) is 0 Å². The SMILES string of the molecule is CCNC(=O)N1CCc2c(C)cc(B3OC(C)(C)C(C)(C(C)C)O3)cc2C1. The number of carbonyl (C=O) groups is 1. The Bertz CT molecular complexity index is 734. The van der Waals surface area contributed by atoms with Gasteiger partial charge in [0.05, 0.1) is 11.2 Å². The van der Waals surface area contributed by atoms with Crippen molar-refractivity contribution in [3.63, 3.8) is 0 Å². The molecule has 6 heteroatoms. The van der Waals surface area contributed by atoms with E-state index in [1.165, 1.54) is 16.7 Å². The summed E-state index contributed by atoms with van der Waals surface area (Å²) in [7, 11) is -0.378. The van der Waals surface area contributed by atoms with Gasteiger partial charge in [0.2, 0.25) is 0 Å². The minimum absolute atomic E-state index is 0.00749. The van der Waals surface area contributed by atoms with Gasteiger partial charge in [-0.3, -0.25) is 0 Å². The monoisotopic (exact) mass is 372 g/mol. The van der Waals surface area contributed by atoms with E-state index >= 15 is 0 Å². The lowest BCUT2D eigenvalue weighted by Gasteiger charge is -2.39. The van der Waals surface area contributed by atoms with Crippen molar-refractivity contribution < 1.29 is 14.1 Å². The largest absolute Gasteiger partial charge is 0.494 e. The van der Waals surface area contributed by atoms with Crippen molar-refractivity contribution in [3.05, 3.63) is 28.8 Å². The molecule has 2 heterocycles. The minimum atomic E-state index is -0.378. The van der Waals surface area contributed by atoms with Crippen LogP contribution in [0.2, 0.25) is 0 Å². The molecule has 1 atom stereocenters. The summed E-state index contributed by atoms with van der Waals surface area (Å²) in [4.78, 5) is 14.1. The molecule has 1 aromatic carbocycles. The fourth-order valence-corrected chi connectivity index (χ4v) is 4.26. The predicted octanol–water partition coefficient (Wildman–Crippen LogP) is 3.02. The molecule has 3 rings (SSSR count). The summed E-state index contributed by atoms with van der Waals surface area (Å²) in [5.74, 6) is 0.337. The zero-order chi connectivity index (χ0) is 20.0. The highest BCUT2D eigenvalue weighted by Gasteiger charge is 2.56. The molecule has 27 heavy (non-hydrogen) atoms. The van der Waals surface area contributed by atoms with E-state index < -0.39 is 0 Å². The number of hydrogen-bond donors (Lipinski definition) is 1. The molecule has 0 spiro atoms. The number of urea groups is 1. The maximum absolute atomic E-state index is 12.2. The Morgan fingerprint density at radius 3 is 2.59 bits per heavy atom. The molecular weight excluding hydrogens is 339 g/mol. The molecule has 0 radical (unpaired) electrons. The van der Waals surface area contributed by atoms with Crippen molar-refractivity contribution in [1.82, 2.24) is 10.2 Å². The van der Waals surface area contributed by atoms with Crippen LogP contribution in [-0.2, 0) is 22.3 Å². The summed E-state index contributed by atoms with van der Waals surface area (Å²) in [5, 5.41) is 2.90. The Morgan fingerprint density at radius 1 is 1.30 bits per heavy atom. The number of fused-ring (bicyclic) bond motifs is 1. The molecule has 1 saturated heterocycles. The Hall–Kier alpha value is -1.53. The molecule has 2 aliphatic rings. The van der Waals surface area contributed by atoms with Gasteiger partial charge in [0.1, 0.15) is 0 Å². The van der Waals surface area contributed by atoms with Crippen LogP contribution in [0.1, 0.15) is 58.2 Å². The maximum Gasteiger partial charge on any atom is 0.494 e. The van der Waals surface area contributed by atoms with E-state index in [1.807, 2.05) is 11.8 Å². The van der Waals surface area contributed by atoms with Gasteiger partial charge < -0.3 is 19.5 Å². The van der Waals surface area contributed by atoms with Crippen LogP contribution in [0, 0.1) is 12.8 Å². The molecule has 2 amide bonds. The molecule has 0 aliphatic carbocycles. The smallest absolute Gasteiger partial charge is 0.399 e. The normalized spacial score (nSPS) is 24.3. The van der Waals surface area contributed by atoms with Gasteiger partial charge in [-0.25, -0.2) is 4.79 Å². The molecule has 148 valence electrons. The average molecular weight is 372 g/mol. The summed E-state index contributed by atoms with van der Waals surface area (Å²) in [5.41, 5.74) is 4.12. The van der Waals surface area contributed by atoms with E-state index in [4.69, 9.17) is 9.31 Å². The highest BCUT2D eigenvalue weighted by Crippen LogP contribution is 2.42. The summed E-state index contributed by atoms with van der Waals surface area (Å²) >= 11 is 0. The van der Waals surface area contributed by atoms with E-state index in [0.29, 0.717) is 19.0 Å². The molecule has 1 unspecified atom stereocenters. The maximum atomic E-state index is 12.2. The van der Waals surface area contributed by atoms with Gasteiger partial charge in [-0.2, -0.15) is 0 Å². The predicted molar refractivity (Wildman–Crippen MR) is 109 cm³/mol. The Labute approximate surface area is 163 Å². The van der Waals surface area contributed by atoms with E-state index in [-0.39, 0.29) is 24.4 Å². The van der Waals surface area contributed by atoms with Crippen LogP contribution in [-0.4, -0.2) is 42.3 Å². The molecule has 1 aromatic rings. The van der Waals surface area contributed by atoms with Crippen molar-refractivity contribution in [2.45, 2.75) is 72.6 Å². The van der Waals surface area contributed by atoms with Crippen molar-refractivity contribution in [1.29, 1.82) is 0 Å². The third kappa shape index (κ3) is 3.50. The molecule has 5 nitrogen and oxygen atoms in total. The molecule has 0 saturated carbocycles. The number of carbonyl (C=O) groups excluding carboxylic acids is 1. The summed E-state index contributed by atoms with van der Waals surface area (Å²) < 4.78 is 12.8. The number of rotatable bonds is 3. The van der Waals surface area contributed by atoms with Gasteiger partial charge in [0.15, 0.2) is 0 Å². The molecule has 0 aromatic heterocycles. The van der Waals surface area contributed by atoms with Crippen molar-refractivity contribution in [2.75, 3.05) is 13.1 Å². The first kappa shape index (κ1) is 20.2. The third-order valence-electron chi connectivity index (χ3n) is 6.52. The summed E-state index contributed by atoms with van der Waals surface area (Å²) in [6, 6.07) is 4.36. The summed E-state index contributed by atoms with van der Waals surface area (Å²) in [6.07, 6.45) is 0.889. The van der Waals surface area contributed by atoms with Crippen LogP contribution >= 0.6 is 0 Å². The fraction of sp³-hybridized carbons (Fsp3) is 0.667. The van der Waals surface area contributed by atoms with Crippen LogP contribution in [0.15, 0.2) is 12.1 Å². The summed E-state index contributed by atoms with van der Waals surface area (Å²) in [6.45, 7) is 16.8. The van der Waals surface area contributed by atoms with Gasteiger partial charge in [-0.05, 0) is 69.1 Å².